The largest absolute Gasteiger partial charge is 0.384 e. The smallest absolute Gasteiger partial charge is 0.0411 e. The van der Waals surface area contributed by atoms with Crippen LogP contribution in [0.4, 0.5) is 11.4 Å². The second-order valence-electron chi connectivity index (χ2n) is 5.83. The molecular formula is C18H22N2S. The summed E-state index contributed by atoms with van der Waals surface area (Å²) < 4.78 is 0. The van der Waals surface area contributed by atoms with E-state index in [2.05, 4.69) is 73.7 Å². The van der Waals surface area contributed by atoms with Crippen LogP contribution < -0.4 is 10.2 Å². The molecule has 3 rings (SSSR count). The van der Waals surface area contributed by atoms with Crippen molar-refractivity contribution >= 4 is 23.1 Å². The summed E-state index contributed by atoms with van der Waals surface area (Å²) >= 11 is 2.00. The fraction of sp³-hybridized carbons (Fsp3) is 0.333. The van der Waals surface area contributed by atoms with Gasteiger partial charge in [-0.1, -0.05) is 24.3 Å². The number of nitrogens with zero attached hydrogens (tertiary/aromatic N) is 1. The predicted molar refractivity (Wildman–Crippen MR) is 93.8 cm³/mol. The fourth-order valence-electron chi connectivity index (χ4n) is 2.80. The molecule has 2 nitrogen and oxygen atoms in total. The molecule has 110 valence electrons. The number of rotatable bonds is 4. The first-order valence-electron chi connectivity index (χ1n) is 7.40. The Morgan fingerprint density at radius 2 is 2.00 bits per heavy atom. The van der Waals surface area contributed by atoms with Gasteiger partial charge in [0, 0.05) is 42.2 Å². The van der Waals surface area contributed by atoms with Gasteiger partial charge < -0.3 is 10.2 Å². The highest BCUT2D eigenvalue weighted by Gasteiger charge is 2.21. The number of aryl methyl sites for hydroxylation is 1. The summed E-state index contributed by atoms with van der Waals surface area (Å²) in [6, 6.07) is 15.4. The van der Waals surface area contributed by atoms with Crippen molar-refractivity contribution in [3.8, 4) is 0 Å². The predicted octanol–water partition coefficient (Wildman–Crippen LogP) is 4.19. The van der Waals surface area contributed by atoms with E-state index in [9.17, 15) is 0 Å². The molecule has 0 amide bonds. The van der Waals surface area contributed by atoms with E-state index in [0.29, 0.717) is 5.25 Å². The molecule has 0 bridgehead atoms. The van der Waals surface area contributed by atoms with Crippen LogP contribution in [-0.4, -0.2) is 25.9 Å². The number of fused-ring (bicyclic) bond motifs is 1. The van der Waals surface area contributed by atoms with Gasteiger partial charge in [-0.3, -0.25) is 0 Å². The van der Waals surface area contributed by atoms with Crippen molar-refractivity contribution in [1.82, 2.24) is 0 Å². The van der Waals surface area contributed by atoms with E-state index in [4.69, 9.17) is 0 Å². The third-order valence-electron chi connectivity index (χ3n) is 3.94. The molecular weight excluding hydrogens is 276 g/mol. The van der Waals surface area contributed by atoms with Crippen molar-refractivity contribution in [3.63, 3.8) is 0 Å². The van der Waals surface area contributed by atoms with Crippen LogP contribution in [0.3, 0.4) is 0 Å². The zero-order valence-electron chi connectivity index (χ0n) is 12.9. The molecule has 1 aliphatic rings. The first kappa shape index (κ1) is 14.3. The standard InChI is InChI=1S/C18H22N2S/c1-13-8-9-15(11-17(13)20(2)3)19-12-16-10-14-6-4-5-7-18(14)21-16/h4-9,11,16,19H,10,12H2,1-3H3. The number of nitrogens with one attached hydrogen (secondary N) is 1. The molecule has 0 radical (unpaired) electrons. The Labute approximate surface area is 131 Å². The Morgan fingerprint density at radius 1 is 1.19 bits per heavy atom. The lowest BCUT2D eigenvalue weighted by molar-refractivity contribution is 0.899. The molecule has 1 unspecified atom stereocenters. The highest BCUT2D eigenvalue weighted by Crippen LogP contribution is 2.36. The zero-order chi connectivity index (χ0) is 14.8. The third kappa shape index (κ3) is 3.18. The summed E-state index contributed by atoms with van der Waals surface area (Å²) in [6.45, 7) is 3.16. The van der Waals surface area contributed by atoms with Gasteiger partial charge in [0.2, 0.25) is 0 Å². The second kappa shape index (κ2) is 6.02. The van der Waals surface area contributed by atoms with E-state index in [-0.39, 0.29) is 0 Å². The van der Waals surface area contributed by atoms with Gasteiger partial charge in [-0.25, -0.2) is 0 Å². The van der Waals surface area contributed by atoms with Gasteiger partial charge in [0.15, 0.2) is 0 Å². The van der Waals surface area contributed by atoms with Crippen molar-refractivity contribution in [2.45, 2.75) is 23.5 Å². The number of hydrogen-bond donors (Lipinski definition) is 1. The Morgan fingerprint density at radius 3 is 2.76 bits per heavy atom. The maximum atomic E-state index is 3.60. The van der Waals surface area contributed by atoms with Gasteiger partial charge in [-0.15, -0.1) is 11.8 Å². The molecule has 0 spiro atoms. The molecule has 3 heteroatoms. The molecule has 1 N–H and O–H groups in total. The average molecular weight is 298 g/mol. The van der Waals surface area contributed by atoms with Crippen molar-refractivity contribution in [1.29, 1.82) is 0 Å². The molecule has 21 heavy (non-hydrogen) atoms. The molecule has 2 aromatic rings. The van der Waals surface area contributed by atoms with E-state index in [1.807, 2.05) is 11.8 Å². The first-order chi connectivity index (χ1) is 10.1. The molecule has 1 atom stereocenters. The molecule has 0 saturated heterocycles. The molecule has 0 fully saturated rings. The Bertz CT molecular complexity index is 612. The molecule has 2 aromatic carbocycles. The zero-order valence-corrected chi connectivity index (χ0v) is 13.7. The first-order valence-corrected chi connectivity index (χ1v) is 8.28. The summed E-state index contributed by atoms with van der Waals surface area (Å²) in [5.41, 5.74) is 5.30. The SMILES string of the molecule is Cc1ccc(NCC2Cc3ccccc3S2)cc1N(C)C. The van der Waals surface area contributed by atoms with Gasteiger partial charge in [-0.05, 0) is 42.7 Å². The number of hydrogen-bond acceptors (Lipinski definition) is 3. The van der Waals surface area contributed by atoms with Crippen molar-refractivity contribution in [2.75, 3.05) is 30.9 Å². The van der Waals surface area contributed by atoms with Gasteiger partial charge in [0.25, 0.3) is 0 Å². The minimum absolute atomic E-state index is 0.631. The van der Waals surface area contributed by atoms with Crippen LogP contribution in [0.2, 0.25) is 0 Å². The van der Waals surface area contributed by atoms with Crippen molar-refractivity contribution in [3.05, 3.63) is 53.6 Å². The Hall–Kier alpha value is -1.61. The lowest BCUT2D eigenvalue weighted by atomic mass is 10.1. The molecule has 0 saturated carbocycles. The van der Waals surface area contributed by atoms with Crippen LogP contribution in [-0.2, 0) is 6.42 Å². The van der Waals surface area contributed by atoms with Crippen LogP contribution in [0, 0.1) is 6.92 Å². The Balaban J connectivity index is 1.63. The summed E-state index contributed by atoms with van der Waals surface area (Å²) in [6.07, 6.45) is 1.17. The van der Waals surface area contributed by atoms with Gasteiger partial charge in [-0.2, -0.15) is 0 Å². The molecule has 0 aromatic heterocycles. The van der Waals surface area contributed by atoms with Gasteiger partial charge in [0.05, 0.1) is 0 Å². The maximum Gasteiger partial charge on any atom is 0.0411 e. The van der Waals surface area contributed by atoms with Gasteiger partial charge >= 0.3 is 0 Å². The quantitative estimate of drug-likeness (QED) is 0.911. The summed E-state index contributed by atoms with van der Waals surface area (Å²) in [5.74, 6) is 0. The maximum absolute atomic E-state index is 3.60. The highest BCUT2D eigenvalue weighted by molar-refractivity contribution is 8.00. The topological polar surface area (TPSA) is 15.3 Å². The van der Waals surface area contributed by atoms with Crippen LogP contribution in [0.15, 0.2) is 47.4 Å². The fourth-order valence-corrected chi connectivity index (χ4v) is 4.05. The van der Waals surface area contributed by atoms with Crippen LogP contribution in [0.1, 0.15) is 11.1 Å². The van der Waals surface area contributed by atoms with Crippen molar-refractivity contribution in [2.24, 2.45) is 0 Å². The van der Waals surface area contributed by atoms with E-state index >= 15 is 0 Å². The van der Waals surface area contributed by atoms with Crippen LogP contribution in [0.25, 0.3) is 0 Å². The molecule has 1 aliphatic heterocycles. The van der Waals surface area contributed by atoms with Gasteiger partial charge in [0.1, 0.15) is 0 Å². The summed E-state index contributed by atoms with van der Waals surface area (Å²) in [5, 5.41) is 4.23. The van der Waals surface area contributed by atoms with Crippen LogP contribution in [0.5, 0.6) is 0 Å². The van der Waals surface area contributed by atoms with E-state index in [1.165, 1.54) is 33.8 Å². The number of benzene rings is 2. The number of anilines is 2. The van der Waals surface area contributed by atoms with Crippen LogP contribution >= 0.6 is 11.8 Å². The number of thioether (sulfide) groups is 1. The summed E-state index contributed by atoms with van der Waals surface area (Å²) in [7, 11) is 4.19. The lowest BCUT2D eigenvalue weighted by Gasteiger charge is -2.18. The highest BCUT2D eigenvalue weighted by atomic mass is 32.2. The van der Waals surface area contributed by atoms with E-state index in [1.54, 1.807) is 0 Å². The second-order valence-corrected chi connectivity index (χ2v) is 7.17. The lowest BCUT2D eigenvalue weighted by Crippen LogP contribution is -2.16. The minimum Gasteiger partial charge on any atom is -0.384 e. The molecule has 0 aliphatic carbocycles. The minimum atomic E-state index is 0.631. The third-order valence-corrected chi connectivity index (χ3v) is 5.26. The summed E-state index contributed by atoms with van der Waals surface area (Å²) in [4.78, 5) is 3.61. The normalized spacial score (nSPS) is 16.6. The van der Waals surface area contributed by atoms with E-state index in [0.717, 1.165) is 6.54 Å². The Kier molecular flexibility index (Phi) is 4.11. The molecule has 1 heterocycles. The van der Waals surface area contributed by atoms with Crippen molar-refractivity contribution < 1.29 is 0 Å². The average Bonchev–Trinajstić information content (AvgIpc) is 2.89. The monoisotopic (exact) mass is 298 g/mol. The van der Waals surface area contributed by atoms with E-state index < -0.39 is 0 Å².